The molecule has 0 saturated heterocycles. The lowest BCUT2D eigenvalue weighted by Crippen LogP contribution is -2.41. The van der Waals surface area contributed by atoms with Gasteiger partial charge in [-0.1, -0.05) is 0 Å². The molecule has 3 aliphatic carbocycles. The summed E-state index contributed by atoms with van der Waals surface area (Å²) in [5.74, 6) is 1.25. The first-order chi connectivity index (χ1) is 5.68. The van der Waals surface area contributed by atoms with Gasteiger partial charge >= 0.3 is 0 Å². The second-order valence-corrected chi connectivity index (χ2v) is 4.17. The van der Waals surface area contributed by atoms with Gasteiger partial charge in [-0.2, -0.15) is 0 Å². The highest BCUT2D eigenvalue weighted by atomic mass is 16.1. The molecule has 3 rings (SSSR count). The Hall–Kier alpha value is -0.660. The lowest BCUT2D eigenvalue weighted by molar-refractivity contribution is -0.139. The maximum Gasteiger partial charge on any atom is 0.136 e. The van der Waals surface area contributed by atoms with E-state index >= 15 is 0 Å². The van der Waals surface area contributed by atoms with Crippen LogP contribution in [0.4, 0.5) is 0 Å². The van der Waals surface area contributed by atoms with Crippen molar-refractivity contribution < 1.29 is 9.59 Å². The third-order valence-corrected chi connectivity index (χ3v) is 3.38. The predicted octanol–water partition coefficient (Wildman–Crippen LogP) is 1.58. The smallest absolute Gasteiger partial charge is 0.136 e. The summed E-state index contributed by atoms with van der Waals surface area (Å²) in [6.07, 6.45) is 3.86. The van der Waals surface area contributed by atoms with Gasteiger partial charge in [-0.15, -0.1) is 0 Å². The molecule has 2 bridgehead atoms. The fourth-order valence-corrected chi connectivity index (χ4v) is 2.71. The highest BCUT2D eigenvalue weighted by Crippen LogP contribution is 2.43. The van der Waals surface area contributed by atoms with Crippen LogP contribution in [-0.2, 0) is 9.59 Å². The van der Waals surface area contributed by atoms with Gasteiger partial charge in [0.25, 0.3) is 0 Å². The summed E-state index contributed by atoms with van der Waals surface area (Å²) in [5, 5.41) is 0. The molecule has 0 aliphatic heterocycles. The molecule has 3 atom stereocenters. The van der Waals surface area contributed by atoms with Crippen molar-refractivity contribution in [3.05, 3.63) is 0 Å². The van der Waals surface area contributed by atoms with Crippen molar-refractivity contribution >= 4 is 11.6 Å². The summed E-state index contributed by atoms with van der Waals surface area (Å²) in [6.45, 7) is 1.62. The van der Waals surface area contributed by atoms with Gasteiger partial charge in [0, 0.05) is 18.3 Å². The van der Waals surface area contributed by atoms with E-state index in [1.807, 2.05) is 0 Å². The van der Waals surface area contributed by atoms with E-state index in [4.69, 9.17) is 0 Å². The van der Waals surface area contributed by atoms with E-state index in [-0.39, 0.29) is 17.6 Å². The van der Waals surface area contributed by atoms with E-state index in [9.17, 15) is 9.59 Å². The monoisotopic (exact) mass is 166 g/mol. The minimum absolute atomic E-state index is 0.0741. The number of hydrogen-bond acceptors (Lipinski definition) is 2. The van der Waals surface area contributed by atoms with Gasteiger partial charge in [-0.3, -0.25) is 9.59 Å². The molecule has 0 spiro atoms. The van der Waals surface area contributed by atoms with E-state index in [1.165, 1.54) is 6.42 Å². The second kappa shape index (κ2) is 2.68. The minimum Gasteiger partial charge on any atom is -0.300 e. The average Bonchev–Trinajstić information content (AvgIpc) is 2.04. The lowest BCUT2D eigenvalue weighted by Gasteiger charge is -2.39. The Morgan fingerprint density at radius 2 is 2.17 bits per heavy atom. The van der Waals surface area contributed by atoms with Crippen molar-refractivity contribution in [1.82, 2.24) is 0 Å². The molecule has 3 unspecified atom stereocenters. The Kier molecular flexibility index (Phi) is 1.78. The van der Waals surface area contributed by atoms with Gasteiger partial charge in [-0.25, -0.2) is 0 Å². The summed E-state index contributed by atoms with van der Waals surface area (Å²) in [7, 11) is 0. The maximum atomic E-state index is 11.4. The van der Waals surface area contributed by atoms with Crippen LogP contribution < -0.4 is 0 Å². The van der Waals surface area contributed by atoms with Crippen molar-refractivity contribution in [1.29, 1.82) is 0 Å². The fraction of sp³-hybridized carbons (Fsp3) is 0.800. The summed E-state index contributed by atoms with van der Waals surface area (Å²) in [6, 6.07) is 0. The predicted molar refractivity (Wildman–Crippen MR) is 44.6 cm³/mol. The Morgan fingerprint density at radius 3 is 2.58 bits per heavy atom. The van der Waals surface area contributed by atoms with E-state index in [0.717, 1.165) is 19.3 Å². The van der Waals surface area contributed by atoms with Gasteiger partial charge in [0.05, 0.1) is 0 Å². The van der Waals surface area contributed by atoms with Crippen LogP contribution in [-0.4, -0.2) is 11.6 Å². The number of carbonyl (C=O) groups is 2. The van der Waals surface area contributed by atoms with Gasteiger partial charge in [0.1, 0.15) is 11.6 Å². The maximum absolute atomic E-state index is 11.4. The zero-order valence-corrected chi connectivity index (χ0v) is 7.38. The fourth-order valence-electron chi connectivity index (χ4n) is 2.71. The van der Waals surface area contributed by atoms with Gasteiger partial charge in [-0.05, 0) is 32.1 Å². The molecule has 3 aliphatic rings. The van der Waals surface area contributed by atoms with Crippen molar-refractivity contribution in [2.45, 2.75) is 32.6 Å². The summed E-state index contributed by atoms with van der Waals surface area (Å²) in [5.41, 5.74) is 0. The molecule has 2 heteroatoms. The van der Waals surface area contributed by atoms with Gasteiger partial charge in [0.2, 0.25) is 0 Å². The molecule has 3 saturated carbocycles. The van der Waals surface area contributed by atoms with Crippen molar-refractivity contribution in [2.24, 2.45) is 17.8 Å². The molecule has 0 N–H and O–H groups in total. The first-order valence-corrected chi connectivity index (χ1v) is 4.71. The Bertz CT molecular complexity index is 232. The third-order valence-electron chi connectivity index (χ3n) is 3.38. The van der Waals surface area contributed by atoms with Crippen LogP contribution in [0, 0.1) is 17.8 Å². The van der Waals surface area contributed by atoms with Crippen LogP contribution in [0.5, 0.6) is 0 Å². The Labute approximate surface area is 72.3 Å². The molecule has 0 heterocycles. The van der Waals surface area contributed by atoms with E-state index in [1.54, 1.807) is 6.92 Å². The molecule has 0 aromatic heterocycles. The second-order valence-electron chi connectivity index (χ2n) is 4.17. The number of rotatable bonds is 1. The Morgan fingerprint density at radius 1 is 1.42 bits per heavy atom. The SMILES string of the molecule is CC(=O)C1CC2CCC1C(=O)C2. The number of hydrogen-bond donors (Lipinski definition) is 0. The molecular formula is C10H14O2. The number of carbonyl (C=O) groups excluding carboxylic acids is 2. The van der Waals surface area contributed by atoms with Crippen molar-refractivity contribution in [3.63, 3.8) is 0 Å². The molecule has 0 amide bonds. The zero-order valence-electron chi connectivity index (χ0n) is 7.38. The topological polar surface area (TPSA) is 34.1 Å². The average molecular weight is 166 g/mol. The van der Waals surface area contributed by atoms with Crippen molar-refractivity contribution in [2.75, 3.05) is 0 Å². The van der Waals surface area contributed by atoms with Crippen molar-refractivity contribution in [3.8, 4) is 0 Å². The van der Waals surface area contributed by atoms with Crippen LogP contribution in [0.1, 0.15) is 32.6 Å². The molecular weight excluding hydrogens is 152 g/mol. The first-order valence-electron chi connectivity index (χ1n) is 4.71. The first kappa shape index (κ1) is 7.96. The van der Waals surface area contributed by atoms with E-state index < -0.39 is 0 Å². The molecule has 66 valence electrons. The number of ketones is 2. The van der Waals surface area contributed by atoms with Crippen LogP contribution in [0.3, 0.4) is 0 Å². The summed E-state index contributed by atoms with van der Waals surface area (Å²) in [4.78, 5) is 22.6. The van der Waals surface area contributed by atoms with Crippen LogP contribution in [0.15, 0.2) is 0 Å². The molecule has 0 aromatic carbocycles. The summed E-state index contributed by atoms with van der Waals surface area (Å²) < 4.78 is 0. The molecule has 0 radical (unpaired) electrons. The normalized spacial score (nSPS) is 40.1. The van der Waals surface area contributed by atoms with Crippen LogP contribution in [0.25, 0.3) is 0 Å². The highest BCUT2D eigenvalue weighted by Gasteiger charge is 2.42. The summed E-state index contributed by atoms with van der Waals surface area (Å²) >= 11 is 0. The minimum atomic E-state index is 0.0741. The molecule has 0 aromatic rings. The quantitative estimate of drug-likeness (QED) is 0.592. The van der Waals surface area contributed by atoms with Gasteiger partial charge < -0.3 is 0 Å². The standard InChI is InChI=1S/C10H14O2/c1-6(11)9-4-7-2-3-8(9)10(12)5-7/h7-9H,2-5H2,1H3. The number of Topliss-reactive ketones (excluding diaryl/α,β-unsaturated/α-hetero) is 2. The zero-order chi connectivity index (χ0) is 8.72. The number of fused-ring (bicyclic) bond motifs is 3. The molecule has 12 heavy (non-hydrogen) atoms. The lowest BCUT2D eigenvalue weighted by atomic mass is 9.63. The van der Waals surface area contributed by atoms with Crippen LogP contribution in [0.2, 0.25) is 0 Å². The third kappa shape index (κ3) is 1.10. The largest absolute Gasteiger partial charge is 0.300 e. The highest BCUT2D eigenvalue weighted by molar-refractivity contribution is 5.90. The Balaban J connectivity index is 2.19. The van der Waals surface area contributed by atoms with Crippen LogP contribution >= 0.6 is 0 Å². The van der Waals surface area contributed by atoms with E-state index in [2.05, 4.69) is 0 Å². The van der Waals surface area contributed by atoms with E-state index in [0.29, 0.717) is 11.7 Å². The molecule has 2 nitrogen and oxygen atoms in total. The molecule has 3 fully saturated rings. The van der Waals surface area contributed by atoms with Gasteiger partial charge in [0.15, 0.2) is 0 Å².